The van der Waals surface area contributed by atoms with Crippen LogP contribution in [-0.4, -0.2) is 41.9 Å². The lowest BCUT2D eigenvalue weighted by molar-refractivity contribution is -0.131. The first kappa shape index (κ1) is 17.5. The first-order valence-corrected chi connectivity index (χ1v) is 10.7. The summed E-state index contributed by atoms with van der Waals surface area (Å²) < 4.78 is 1.14. The SMILES string of the molecule is O=C(CC1CCN(Cc2ccc(Br)cc2)CC1)N1CC2CCCC2C1. The van der Waals surface area contributed by atoms with E-state index in [-0.39, 0.29) is 0 Å². The number of rotatable bonds is 4. The molecule has 1 aliphatic carbocycles. The first-order valence-electron chi connectivity index (χ1n) is 9.92. The maximum Gasteiger partial charge on any atom is 0.222 e. The van der Waals surface area contributed by atoms with Crippen molar-refractivity contribution in [2.45, 2.75) is 45.1 Å². The number of hydrogen-bond donors (Lipinski definition) is 0. The molecule has 2 aliphatic heterocycles. The fourth-order valence-corrected chi connectivity index (χ4v) is 5.28. The van der Waals surface area contributed by atoms with Gasteiger partial charge in [0.25, 0.3) is 0 Å². The summed E-state index contributed by atoms with van der Waals surface area (Å²) in [6.45, 7) is 5.37. The third-order valence-electron chi connectivity index (χ3n) is 6.57. The third kappa shape index (κ3) is 4.28. The number of benzene rings is 1. The van der Waals surface area contributed by atoms with Crippen LogP contribution in [0.4, 0.5) is 0 Å². The van der Waals surface area contributed by atoms with Crippen molar-refractivity contribution in [1.29, 1.82) is 0 Å². The van der Waals surface area contributed by atoms with Crippen molar-refractivity contribution in [2.24, 2.45) is 17.8 Å². The van der Waals surface area contributed by atoms with Gasteiger partial charge in [0.15, 0.2) is 0 Å². The van der Waals surface area contributed by atoms with Gasteiger partial charge < -0.3 is 4.90 Å². The van der Waals surface area contributed by atoms with Crippen molar-refractivity contribution < 1.29 is 4.79 Å². The zero-order valence-electron chi connectivity index (χ0n) is 15.0. The Morgan fingerprint density at radius 3 is 2.28 bits per heavy atom. The summed E-state index contributed by atoms with van der Waals surface area (Å²) in [6.07, 6.45) is 7.21. The Hall–Kier alpha value is -0.870. The highest BCUT2D eigenvalue weighted by Crippen LogP contribution is 2.38. The molecule has 1 aromatic carbocycles. The van der Waals surface area contributed by atoms with Gasteiger partial charge in [0.2, 0.25) is 5.91 Å². The lowest BCUT2D eigenvalue weighted by Crippen LogP contribution is -2.36. The van der Waals surface area contributed by atoms with Gasteiger partial charge in [-0.25, -0.2) is 0 Å². The number of carbonyl (C=O) groups excluding carboxylic acids is 1. The maximum atomic E-state index is 12.7. The third-order valence-corrected chi connectivity index (χ3v) is 7.10. The maximum absolute atomic E-state index is 12.7. The largest absolute Gasteiger partial charge is 0.342 e. The summed E-state index contributed by atoms with van der Waals surface area (Å²) in [7, 11) is 0. The number of carbonyl (C=O) groups is 1. The molecule has 0 bridgehead atoms. The summed E-state index contributed by atoms with van der Waals surface area (Å²) in [5.41, 5.74) is 1.38. The molecule has 2 unspecified atom stereocenters. The highest BCUT2D eigenvalue weighted by Gasteiger charge is 2.38. The molecule has 3 fully saturated rings. The number of amides is 1. The van der Waals surface area contributed by atoms with Crippen LogP contribution in [0.15, 0.2) is 28.7 Å². The summed E-state index contributed by atoms with van der Waals surface area (Å²) in [5.74, 6) is 2.66. The molecule has 136 valence electrons. The fraction of sp³-hybridized carbons (Fsp3) is 0.667. The minimum absolute atomic E-state index is 0.431. The second-order valence-corrected chi connectivity index (χ2v) is 9.22. The van der Waals surface area contributed by atoms with Crippen LogP contribution in [0.25, 0.3) is 0 Å². The van der Waals surface area contributed by atoms with Gasteiger partial charge in [-0.05, 0) is 74.2 Å². The van der Waals surface area contributed by atoms with Crippen LogP contribution in [0.3, 0.4) is 0 Å². The Balaban J connectivity index is 1.21. The van der Waals surface area contributed by atoms with Crippen LogP contribution < -0.4 is 0 Å². The van der Waals surface area contributed by atoms with E-state index in [2.05, 4.69) is 50.0 Å². The number of fused-ring (bicyclic) bond motifs is 1. The highest BCUT2D eigenvalue weighted by molar-refractivity contribution is 9.10. The molecular formula is C21H29BrN2O. The Labute approximate surface area is 159 Å². The Morgan fingerprint density at radius 2 is 1.64 bits per heavy atom. The molecule has 25 heavy (non-hydrogen) atoms. The standard InChI is InChI=1S/C21H29BrN2O/c22-20-6-4-17(5-7-20)13-23-10-8-16(9-11-23)12-21(25)24-14-18-2-1-3-19(18)15-24/h4-7,16,18-19H,1-3,8-15H2. The molecule has 1 saturated carbocycles. The van der Waals surface area contributed by atoms with Gasteiger partial charge in [-0.3, -0.25) is 9.69 Å². The summed E-state index contributed by atoms with van der Waals surface area (Å²) in [5, 5.41) is 0. The van der Waals surface area contributed by atoms with E-state index >= 15 is 0 Å². The van der Waals surface area contributed by atoms with Crippen molar-refractivity contribution in [1.82, 2.24) is 9.80 Å². The van der Waals surface area contributed by atoms with E-state index in [1.165, 1.54) is 37.7 Å². The van der Waals surface area contributed by atoms with Crippen LogP contribution >= 0.6 is 15.9 Å². The Kier molecular flexibility index (Phi) is 5.47. The van der Waals surface area contributed by atoms with Crippen molar-refractivity contribution in [2.75, 3.05) is 26.2 Å². The van der Waals surface area contributed by atoms with Crippen LogP contribution in [0.2, 0.25) is 0 Å². The van der Waals surface area contributed by atoms with Crippen molar-refractivity contribution >= 4 is 21.8 Å². The number of piperidine rings is 1. The average Bonchev–Trinajstić information content (AvgIpc) is 3.20. The summed E-state index contributed by atoms with van der Waals surface area (Å²) >= 11 is 3.50. The monoisotopic (exact) mass is 404 g/mol. The molecule has 2 atom stereocenters. The molecule has 1 aromatic rings. The fourth-order valence-electron chi connectivity index (χ4n) is 5.01. The number of likely N-dealkylation sites (tertiary alicyclic amines) is 2. The highest BCUT2D eigenvalue weighted by atomic mass is 79.9. The van der Waals surface area contributed by atoms with E-state index in [1.807, 2.05) is 0 Å². The quantitative estimate of drug-likeness (QED) is 0.746. The van der Waals surface area contributed by atoms with E-state index in [0.717, 1.165) is 55.5 Å². The van der Waals surface area contributed by atoms with Gasteiger partial charge in [-0.1, -0.05) is 34.5 Å². The molecule has 3 nitrogen and oxygen atoms in total. The second kappa shape index (κ2) is 7.79. The number of nitrogens with zero attached hydrogens (tertiary/aromatic N) is 2. The molecule has 0 aromatic heterocycles. The molecule has 2 heterocycles. The topological polar surface area (TPSA) is 23.6 Å². The Morgan fingerprint density at radius 1 is 1.00 bits per heavy atom. The van der Waals surface area contributed by atoms with Gasteiger partial charge in [0, 0.05) is 30.5 Å². The van der Waals surface area contributed by atoms with Crippen LogP contribution in [0.5, 0.6) is 0 Å². The minimum atomic E-state index is 0.431. The second-order valence-electron chi connectivity index (χ2n) is 8.30. The molecule has 2 saturated heterocycles. The van der Waals surface area contributed by atoms with E-state index < -0.39 is 0 Å². The van der Waals surface area contributed by atoms with Gasteiger partial charge >= 0.3 is 0 Å². The van der Waals surface area contributed by atoms with Gasteiger partial charge in [0.05, 0.1) is 0 Å². The van der Waals surface area contributed by atoms with Crippen molar-refractivity contribution in [3.8, 4) is 0 Å². The molecule has 3 aliphatic rings. The molecule has 0 radical (unpaired) electrons. The van der Waals surface area contributed by atoms with Crippen LogP contribution in [0.1, 0.15) is 44.1 Å². The van der Waals surface area contributed by atoms with Crippen molar-refractivity contribution in [3.05, 3.63) is 34.3 Å². The van der Waals surface area contributed by atoms with E-state index in [0.29, 0.717) is 11.8 Å². The normalized spacial score (nSPS) is 27.6. The zero-order valence-corrected chi connectivity index (χ0v) is 16.6. The predicted molar refractivity (Wildman–Crippen MR) is 104 cm³/mol. The summed E-state index contributed by atoms with van der Waals surface area (Å²) in [4.78, 5) is 17.4. The van der Waals surface area contributed by atoms with E-state index in [1.54, 1.807) is 0 Å². The summed E-state index contributed by atoms with van der Waals surface area (Å²) in [6, 6.07) is 8.63. The van der Waals surface area contributed by atoms with E-state index in [9.17, 15) is 4.79 Å². The minimum Gasteiger partial charge on any atom is -0.342 e. The van der Waals surface area contributed by atoms with Crippen LogP contribution in [-0.2, 0) is 11.3 Å². The predicted octanol–water partition coefficient (Wildman–Crippen LogP) is 4.31. The first-order chi connectivity index (χ1) is 12.2. The number of halogens is 1. The molecule has 0 spiro atoms. The lowest BCUT2D eigenvalue weighted by Gasteiger charge is -2.32. The number of hydrogen-bond acceptors (Lipinski definition) is 2. The molecule has 4 rings (SSSR count). The molecule has 4 heteroatoms. The smallest absolute Gasteiger partial charge is 0.222 e. The molecule has 0 N–H and O–H groups in total. The van der Waals surface area contributed by atoms with Crippen LogP contribution in [0, 0.1) is 17.8 Å². The van der Waals surface area contributed by atoms with Crippen molar-refractivity contribution in [3.63, 3.8) is 0 Å². The molecule has 1 amide bonds. The van der Waals surface area contributed by atoms with Gasteiger partial charge in [0.1, 0.15) is 0 Å². The Bertz CT molecular complexity index is 582. The van der Waals surface area contributed by atoms with Gasteiger partial charge in [-0.15, -0.1) is 0 Å². The lowest BCUT2D eigenvalue weighted by atomic mass is 9.92. The van der Waals surface area contributed by atoms with Gasteiger partial charge in [-0.2, -0.15) is 0 Å². The molecular weight excluding hydrogens is 376 g/mol. The van der Waals surface area contributed by atoms with E-state index in [4.69, 9.17) is 0 Å². The zero-order chi connectivity index (χ0) is 17.2. The average molecular weight is 405 g/mol.